The van der Waals surface area contributed by atoms with E-state index in [1.54, 1.807) is 30.7 Å². The monoisotopic (exact) mass is 280 g/mol. The standard InChI is InChI=1S/C10H9BrN4O/c11-7-1-2-8(14-5-7)10(16)15-6-9-12-3-4-13-9/h1-5H,6H2,(H,12,13)(H,15,16). The van der Waals surface area contributed by atoms with E-state index in [2.05, 4.69) is 36.2 Å². The van der Waals surface area contributed by atoms with Crippen LogP contribution in [0.15, 0.2) is 35.2 Å². The largest absolute Gasteiger partial charge is 0.347 e. The number of rotatable bonds is 3. The quantitative estimate of drug-likeness (QED) is 0.895. The van der Waals surface area contributed by atoms with Crippen LogP contribution < -0.4 is 5.32 Å². The van der Waals surface area contributed by atoms with Crippen molar-refractivity contribution >= 4 is 21.8 Å². The zero-order chi connectivity index (χ0) is 11.4. The molecule has 0 bridgehead atoms. The van der Waals surface area contributed by atoms with Gasteiger partial charge in [0.15, 0.2) is 0 Å². The molecule has 0 radical (unpaired) electrons. The number of pyridine rings is 1. The molecule has 0 atom stereocenters. The molecule has 0 saturated carbocycles. The fourth-order valence-corrected chi connectivity index (χ4v) is 1.39. The number of nitrogens with zero attached hydrogens (tertiary/aromatic N) is 2. The third kappa shape index (κ3) is 2.66. The highest BCUT2D eigenvalue weighted by Gasteiger charge is 2.06. The van der Waals surface area contributed by atoms with Gasteiger partial charge >= 0.3 is 0 Å². The first-order chi connectivity index (χ1) is 7.75. The van der Waals surface area contributed by atoms with Crippen molar-refractivity contribution in [3.63, 3.8) is 0 Å². The number of amides is 1. The van der Waals surface area contributed by atoms with Crippen LogP contribution in [0, 0.1) is 0 Å². The van der Waals surface area contributed by atoms with Crippen molar-refractivity contribution in [3.05, 3.63) is 46.7 Å². The maximum absolute atomic E-state index is 11.6. The van der Waals surface area contributed by atoms with Gasteiger partial charge < -0.3 is 10.3 Å². The van der Waals surface area contributed by atoms with E-state index in [1.807, 2.05) is 0 Å². The van der Waals surface area contributed by atoms with Crippen LogP contribution in [0.2, 0.25) is 0 Å². The van der Waals surface area contributed by atoms with Crippen LogP contribution in [0.3, 0.4) is 0 Å². The van der Waals surface area contributed by atoms with Gasteiger partial charge in [0.1, 0.15) is 11.5 Å². The summed E-state index contributed by atoms with van der Waals surface area (Å²) in [5.74, 6) is 0.495. The average Bonchev–Trinajstić information content (AvgIpc) is 2.80. The first-order valence-corrected chi connectivity index (χ1v) is 5.43. The van der Waals surface area contributed by atoms with Gasteiger partial charge in [-0.2, -0.15) is 0 Å². The lowest BCUT2D eigenvalue weighted by molar-refractivity contribution is 0.0945. The van der Waals surface area contributed by atoms with Crippen molar-refractivity contribution in [3.8, 4) is 0 Å². The lowest BCUT2D eigenvalue weighted by Crippen LogP contribution is -2.24. The summed E-state index contributed by atoms with van der Waals surface area (Å²) < 4.78 is 0.843. The number of nitrogens with one attached hydrogen (secondary N) is 2. The molecule has 0 fully saturated rings. The smallest absolute Gasteiger partial charge is 0.270 e. The first kappa shape index (κ1) is 10.8. The molecule has 5 nitrogen and oxygen atoms in total. The number of hydrogen-bond donors (Lipinski definition) is 2. The Hall–Kier alpha value is -1.69. The minimum Gasteiger partial charge on any atom is -0.347 e. The Balaban J connectivity index is 1.95. The van der Waals surface area contributed by atoms with E-state index in [-0.39, 0.29) is 5.91 Å². The van der Waals surface area contributed by atoms with Gasteiger partial charge in [0, 0.05) is 23.1 Å². The van der Waals surface area contributed by atoms with Gasteiger partial charge in [-0.15, -0.1) is 0 Å². The van der Waals surface area contributed by atoms with Gasteiger partial charge in [-0.25, -0.2) is 9.97 Å². The summed E-state index contributed by atoms with van der Waals surface area (Å²) in [5.41, 5.74) is 0.384. The second-order valence-corrected chi connectivity index (χ2v) is 4.00. The van der Waals surface area contributed by atoms with E-state index in [1.165, 1.54) is 0 Å². The van der Waals surface area contributed by atoms with Gasteiger partial charge in [-0.1, -0.05) is 0 Å². The third-order valence-corrected chi connectivity index (χ3v) is 2.40. The highest BCUT2D eigenvalue weighted by atomic mass is 79.9. The van der Waals surface area contributed by atoms with Gasteiger partial charge in [0.25, 0.3) is 5.91 Å². The van der Waals surface area contributed by atoms with Crippen molar-refractivity contribution in [1.82, 2.24) is 20.3 Å². The van der Waals surface area contributed by atoms with Crippen molar-refractivity contribution in [1.29, 1.82) is 0 Å². The molecular weight excluding hydrogens is 272 g/mol. The molecule has 2 rings (SSSR count). The molecule has 2 aromatic rings. The molecule has 82 valence electrons. The number of aromatic nitrogens is 3. The highest BCUT2D eigenvalue weighted by Crippen LogP contribution is 2.07. The van der Waals surface area contributed by atoms with Gasteiger partial charge in [0.05, 0.1) is 6.54 Å². The predicted octanol–water partition coefficient (Wildman–Crippen LogP) is 1.50. The van der Waals surface area contributed by atoms with Crippen LogP contribution in [0.4, 0.5) is 0 Å². The third-order valence-electron chi connectivity index (χ3n) is 1.93. The Morgan fingerprint density at radius 3 is 2.94 bits per heavy atom. The second kappa shape index (κ2) is 4.89. The van der Waals surface area contributed by atoms with Crippen LogP contribution in [-0.2, 0) is 6.54 Å². The maximum atomic E-state index is 11.6. The fourth-order valence-electron chi connectivity index (χ4n) is 1.16. The highest BCUT2D eigenvalue weighted by molar-refractivity contribution is 9.10. The SMILES string of the molecule is O=C(NCc1ncc[nH]1)c1ccc(Br)cn1. The van der Waals surface area contributed by atoms with E-state index in [4.69, 9.17) is 0 Å². The molecule has 0 aliphatic carbocycles. The average molecular weight is 281 g/mol. The molecule has 2 heterocycles. The van der Waals surface area contributed by atoms with E-state index >= 15 is 0 Å². The van der Waals surface area contributed by atoms with Crippen molar-refractivity contribution in [2.45, 2.75) is 6.54 Å². The number of imidazole rings is 1. The number of H-pyrrole nitrogens is 1. The van der Waals surface area contributed by atoms with E-state index in [9.17, 15) is 4.79 Å². The van der Waals surface area contributed by atoms with Crippen LogP contribution in [-0.4, -0.2) is 20.9 Å². The number of carbonyl (C=O) groups excluding carboxylic acids is 1. The minimum atomic E-state index is -0.219. The van der Waals surface area contributed by atoms with Crippen LogP contribution in [0.1, 0.15) is 16.3 Å². The number of hydrogen-bond acceptors (Lipinski definition) is 3. The summed E-state index contributed by atoms with van der Waals surface area (Å²) in [6, 6.07) is 3.43. The van der Waals surface area contributed by atoms with Crippen LogP contribution >= 0.6 is 15.9 Å². The molecule has 0 aromatic carbocycles. The Morgan fingerprint density at radius 1 is 1.44 bits per heavy atom. The van der Waals surface area contributed by atoms with Crippen molar-refractivity contribution < 1.29 is 4.79 Å². The Bertz CT molecular complexity index is 466. The van der Waals surface area contributed by atoms with Gasteiger partial charge in [-0.3, -0.25) is 4.79 Å². The van der Waals surface area contributed by atoms with Crippen LogP contribution in [0.25, 0.3) is 0 Å². The summed E-state index contributed by atoms with van der Waals surface area (Å²) in [6.07, 6.45) is 4.93. The van der Waals surface area contributed by atoms with Crippen molar-refractivity contribution in [2.24, 2.45) is 0 Å². The minimum absolute atomic E-state index is 0.219. The number of halogens is 1. The molecule has 2 aromatic heterocycles. The Kier molecular flexibility index (Phi) is 3.31. The Morgan fingerprint density at radius 2 is 2.31 bits per heavy atom. The molecule has 2 N–H and O–H groups in total. The lowest BCUT2D eigenvalue weighted by Gasteiger charge is -2.02. The second-order valence-electron chi connectivity index (χ2n) is 3.08. The molecular formula is C10H9BrN4O. The normalized spacial score (nSPS) is 10.1. The molecule has 0 spiro atoms. The fraction of sp³-hybridized carbons (Fsp3) is 0.100. The van der Waals surface area contributed by atoms with E-state index in [0.717, 1.165) is 4.47 Å². The molecule has 0 aliphatic heterocycles. The summed E-state index contributed by atoms with van der Waals surface area (Å²) in [5, 5.41) is 2.71. The van der Waals surface area contributed by atoms with Crippen LogP contribution in [0.5, 0.6) is 0 Å². The zero-order valence-corrected chi connectivity index (χ0v) is 9.86. The van der Waals surface area contributed by atoms with Gasteiger partial charge in [-0.05, 0) is 28.1 Å². The van der Waals surface area contributed by atoms with Crippen molar-refractivity contribution in [2.75, 3.05) is 0 Å². The summed E-state index contributed by atoms with van der Waals surface area (Å²) in [6.45, 7) is 0.365. The first-order valence-electron chi connectivity index (χ1n) is 4.64. The zero-order valence-electron chi connectivity index (χ0n) is 8.27. The van der Waals surface area contributed by atoms with E-state index in [0.29, 0.717) is 18.1 Å². The summed E-state index contributed by atoms with van der Waals surface area (Å²) >= 11 is 3.26. The molecule has 0 aliphatic rings. The summed E-state index contributed by atoms with van der Waals surface area (Å²) in [7, 11) is 0. The molecule has 1 amide bonds. The molecule has 16 heavy (non-hydrogen) atoms. The number of carbonyl (C=O) groups is 1. The van der Waals surface area contributed by atoms with Gasteiger partial charge in [0.2, 0.25) is 0 Å². The topological polar surface area (TPSA) is 70.7 Å². The molecule has 0 unspecified atom stereocenters. The van der Waals surface area contributed by atoms with E-state index < -0.39 is 0 Å². The molecule has 6 heteroatoms. The number of aromatic amines is 1. The Labute approximate surface area is 100 Å². The molecule has 0 saturated heterocycles. The predicted molar refractivity (Wildman–Crippen MR) is 61.7 cm³/mol. The maximum Gasteiger partial charge on any atom is 0.270 e. The summed E-state index contributed by atoms with van der Waals surface area (Å²) in [4.78, 5) is 22.5. The lowest BCUT2D eigenvalue weighted by atomic mass is 10.3.